The molecule has 0 spiro atoms. The fraction of sp³-hybridized carbons (Fsp3) is 0.0909. The molecule has 334 valence electrons. The number of hydrogen-bond acceptors (Lipinski definition) is 2. The molecule has 0 aliphatic heterocycles. The molecule has 0 atom stereocenters. The van der Waals surface area contributed by atoms with Gasteiger partial charge in [0.25, 0.3) is 0 Å². The molecule has 2 aliphatic carbocycles. The van der Waals surface area contributed by atoms with Crippen LogP contribution in [-0.2, 0) is 6.42 Å². The number of anilines is 2. The van der Waals surface area contributed by atoms with Crippen molar-refractivity contribution in [2.45, 2.75) is 40.0 Å². The standard InChI is InChI=1S/C61H42N2S.C3H6.C2H6/c1-3-13-40(14-4-1)41-25-31-46(32-26-41)62(47-33-27-42(28-34-47)49-20-11-22-52-50-18-8-7-15-44(50)39-56(49)52)48-35-29-43(30-36-48)51-21-12-23-53-54-37-38-58-59(61(54)64-60(51)53)55-19-9-10-24-57(55)63(58)45-16-5-2-6-17-45;1-3-2;1-2/h1-29,31-35,37-38H,30,36,39H2;3H,1H2,2H3;1-2H3. The van der Waals surface area contributed by atoms with Crippen molar-refractivity contribution in [1.82, 2.24) is 4.57 Å². The summed E-state index contributed by atoms with van der Waals surface area (Å²) in [5, 5.41) is 5.30. The van der Waals surface area contributed by atoms with Gasteiger partial charge in [-0.25, -0.2) is 0 Å². The first kappa shape index (κ1) is 43.6. The Labute approximate surface area is 410 Å². The van der Waals surface area contributed by atoms with Crippen molar-refractivity contribution in [1.29, 1.82) is 0 Å². The van der Waals surface area contributed by atoms with Crippen LogP contribution in [0.1, 0.15) is 50.3 Å². The van der Waals surface area contributed by atoms with Gasteiger partial charge in [-0.3, -0.25) is 0 Å². The molecule has 2 nitrogen and oxygen atoms in total. The maximum Gasteiger partial charge on any atom is 0.0555 e. The number of hydrogen-bond donors (Lipinski definition) is 0. The van der Waals surface area contributed by atoms with E-state index in [1.165, 1.54) is 115 Å². The minimum absolute atomic E-state index is 0.925. The van der Waals surface area contributed by atoms with Gasteiger partial charge in [-0.2, -0.15) is 0 Å². The van der Waals surface area contributed by atoms with Crippen molar-refractivity contribution < 1.29 is 0 Å². The summed E-state index contributed by atoms with van der Waals surface area (Å²) in [5.41, 5.74) is 20.6. The van der Waals surface area contributed by atoms with Crippen LogP contribution in [0.2, 0.25) is 0 Å². The van der Waals surface area contributed by atoms with E-state index in [0.717, 1.165) is 24.9 Å². The molecule has 9 aromatic carbocycles. The van der Waals surface area contributed by atoms with E-state index in [1.807, 2.05) is 32.1 Å². The molecule has 2 aromatic heterocycles. The van der Waals surface area contributed by atoms with E-state index in [-0.39, 0.29) is 0 Å². The quantitative estimate of drug-likeness (QED) is 0.145. The molecule has 2 aliphatic rings. The number of benzene rings is 9. The monoisotopic (exact) mass is 906 g/mol. The first-order chi connectivity index (χ1) is 34.2. The van der Waals surface area contributed by atoms with Crippen LogP contribution in [0.3, 0.4) is 0 Å². The zero-order chi connectivity index (χ0) is 46.8. The van der Waals surface area contributed by atoms with Crippen LogP contribution >= 0.6 is 11.3 Å². The van der Waals surface area contributed by atoms with Gasteiger partial charge in [-0.1, -0.05) is 184 Å². The maximum absolute atomic E-state index is 3.36. The molecule has 0 unspecified atom stereocenters. The number of thiophene rings is 1. The van der Waals surface area contributed by atoms with E-state index < -0.39 is 0 Å². The van der Waals surface area contributed by atoms with E-state index in [2.05, 4.69) is 234 Å². The van der Waals surface area contributed by atoms with Crippen molar-refractivity contribution in [3.63, 3.8) is 0 Å². The average molecular weight is 907 g/mol. The Bertz CT molecular complexity index is 3720. The molecular weight excluding hydrogens is 853 g/mol. The third kappa shape index (κ3) is 7.79. The van der Waals surface area contributed by atoms with E-state index in [4.69, 9.17) is 0 Å². The number of nitrogens with zero attached hydrogens (tertiary/aromatic N) is 2. The molecular formula is C66H54N2S. The number of allylic oxidation sites excluding steroid dienone is 5. The molecule has 3 heteroatoms. The summed E-state index contributed by atoms with van der Waals surface area (Å²) in [6.07, 6.45) is 9.36. The highest BCUT2D eigenvalue weighted by molar-refractivity contribution is 7.27. The summed E-state index contributed by atoms with van der Waals surface area (Å²) >= 11 is 1.95. The van der Waals surface area contributed by atoms with Gasteiger partial charge in [0.1, 0.15) is 0 Å². The number of rotatable bonds is 7. The SMILES string of the molecule is C1=C(c2cccc3c2sc2c3ccc3c2c2ccccc2n3-c2ccccc2)CCC(N(c2ccc(-c3ccccc3)cc2)c2ccc(-c3cccc4c3Cc3ccccc3-4)cc2)=C1.C=CC.CC. The van der Waals surface area contributed by atoms with E-state index >= 15 is 0 Å². The Balaban J connectivity index is 0.00000100. The average Bonchev–Trinajstić information content (AvgIpc) is 4.11. The fourth-order valence-electron chi connectivity index (χ4n) is 10.6. The molecule has 13 rings (SSSR count). The minimum Gasteiger partial charge on any atom is -0.314 e. The summed E-state index contributed by atoms with van der Waals surface area (Å²) in [4.78, 5) is 2.47. The van der Waals surface area contributed by atoms with Crippen molar-refractivity contribution >= 4 is 70.3 Å². The molecule has 0 radical (unpaired) electrons. The second-order valence-electron chi connectivity index (χ2n) is 17.5. The smallest absolute Gasteiger partial charge is 0.0555 e. The minimum atomic E-state index is 0.925. The lowest BCUT2D eigenvalue weighted by Crippen LogP contribution is -2.17. The molecule has 69 heavy (non-hydrogen) atoms. The van der Waals surface area contributed by atoms with Crippen LogP contribution in [0.25, 0.3) is 86.6 Å². The third-order valence-electron chi connectivity index (χ3n) is 13.6. The Morgan fingerprint density at radius 3 is 1.80 bits per heavy atom. The van der Waals surface area contributed by atoms with Crippen molar-refractivity contribution in [3.05, 3.63) is 253 Å². The summed E-state index contributed by atoms with van der Waals surface area (Å²) in [5.74, 6) is 0. The lowest BCUT2D eigenvalue weighted by molar-refractivity contribution is 0.931. The molecule has 11 aromatic rings. The maximum atomic E-state index is 3.36. The van der Waals surface area contributed by atoms with E-state index in [9.17, 15) is 0 Å². The summed E-state index contributed by atoms with van der Waals surface area (Å²) in [6.45, 7) is 9.25. The van der Waals surface area contributed by atoms with Gasteiger partial charge in [0, 0.05) is 53.7 Å². The summed E-state index contributed by atoms with van der Waals surface area (Å²) < 4.78 is 5.15. The van der Waals surface area contributed by atoms with Gasteiger partial charge in [-0.15, -0.1) is 17.9 Å². The predicted molar refractivity (Wildman–Crippen MR) is 300 cm³/mol. The molecule has 0 saturated heterocycles. The van der Waals surface area contributed by atoms with Crippen molar-refractivity contribution in [2.24, 2.45) is 0 Å². The lowest BCUT2D eigenvalue weighted by Gasteiger charge is -2.30. The highest BCUT2D eigenvalue weighted by Crippen LogP contribution is 2.47. The largest absolute Gasteiger partial charge is 0.314 e. The zero-order valence-electron chi connectivity index (χ0n) is 39.5. The van der Waals surface area contributed by atoms with Crippen LogP contribution in [0.15, 0.2) is 237 Å². The molecule has 0 saturated carbocycles. The number of aromatic nitrogens is 1. The van der Waals surface area contributed by atoms with Crippen LogP contribution in [-0.4, -0.2) is 4.57 Å². The lowest BCUT2D eigenvalue weighted by atomic mass is 9.93. The topological polar surface area (TPSA) is 8.17 Å². The first-order valence-electron chi connectivity index (χ1n) is 24.3. The molecule has 0 amide bonds. The van der Waals surface area contributed by atoms with Gasteiger partial charge in [0.15, 0.2) is 0 Å². The van der Waals surface area contributed by atoms with Gasteiger partial charge >= 0.3 is 0 Å². The van der Waals surface area contributed by atoms with Crippen LogP contribution in [0.5, 0.6) is 0 Å². The Hall–Kier alpha value is -7.98. The van der Waals surface area contributed by atoms with Crippen LogP contribution in [0, 0.1) is 0 Å². The fourth-order valence-corrected chi connectivity index (χ4v) is 12.0. The molecule has 0 fully saturated rings. The second-order valence-corrected chi connectivity index (χ2v) is 18.5. The van der Waals surface area contributed by atoms with Crippen molar-refractivity contribution in [2.75, 3.05) is 4.90 Å². The van der Waals surface area contributed by atoms with Gasteiger partial charge in [-0.05, 0) is 136 Å². The van der Waals surface area contributed by atoms with Gasteiger partial charge in [0.05, 0.1) is 11.0 Å². The number of para-hydroxylation sites is 2. The van der Waals surface area contributed by atoms with Crippen LogP contribution < -0.4 is 4.90 Å². The number of fused-ring (bicyclic) bond motifs is 10. The Kier molecular flexibility index (Phi) is 12.0. The third-order valence-corrected chi connectivity index (χ3v) is 14.9. The van der Waals surface area contributed by atoms with Crippen molar-refractivity contribution in [3.8, 4) is 39.1 Å². The van der Waals surface area contributed by atoms with Gasteiger partial charge in [0.2, 0.25) is 0 Å². The highest BCUT2D eigenvalue weighted by atomic mass is 32.1. The summed E-state index contributed by atoms with van der Waals surface area (Å²) in [6, 6.07) is 75.9. The van der Waals surface area contributed by atoms with Gasteiger partial charge < -0.3 is 9.47 Å². The molecule has 0 bridgehead atoms. The summed E-state index contributed by atoms with van der Waals surface area (Å²) in [7, 11) is 0. The second kappa shape index (κ2) is 19.0. The molecule has 0 N–H and O–H groups in total. The van der Waals surface area contributed by atoms with E-state index in [0.29, 0.717) is 0 Å². The normalized spacial score (nSPS) is 12.6. The zero-order valence-corrected chi connectivity index (χ0v) is 40.3. The Morgan fingerprint density at radius 1 is 0.478 bits per heavy atom. The highest BCUT2D eigenvalue weighted by Gasteiger charge is 2.24. The molecule has 2 heterocycles. The first-order valence-corrected chi connectivity index (χ1v) is 25.1. The predicted octanol–water partition coefficient (Wildman–Crippen LogP) is 19.2. The van der Waals surface area contributed by atoms with Crippen LogP contribution in [0.4, 0.5) is 11.4 Å². The Morgan fingerprint density at radius 2 is 1.06 bits per heavy atom. The van der Waals surface area contributed by atoms with E-state index in [1.54, 1.807) is 6.08 Å².